The van der Waals surface area contributed by atoms with Gasteiger partial charge >= 0.3 is 0 Å². The number of hydrogen-bond acceptors (Lipinski definition) is 6. The second-order valence-electron chi connectivity index (χ2n) is 7.57. The van der Waals surface area contributed by atoms with Crippen LogP contribution in [0.4, 0.5) is 0 Å². The number of amides is 1. The van der Waals surface area contributed by atoms with Gasteiger partial charge in [0.1, 0.15) is 17.1 Å². The number of rotatable bonds is 6. The van der Waals surface area contributed by atoms with Crippen LogP contribution >= 0.6 is 15.9 Å². The van der Waals surface area contributed by atoms with Crippen LogP contribution < -0.4 is 4.74 Å². The van der Waals surface area contributed by atoms with Gasteiger partial charge in [0.2, 0.25) is 5.78 Å². The highest BCUT2D eigenvalue weighted by Gasteiger charge is 2.44. The van der Waals surface area contributed by atoms with E-state index in [-0.39, 0.29) is 17.9 Å². The molecule has 1 N–H and O–H groups in total. The summed E-state index contributed by atoms with van der Waals surface area (Å²) in [5.74, 6) is -0.628. The first kappa shape index (κ1) is 21.1. The van der Waals surface area contributed by atoms with E-state index in [1.807, 2.05) is 6.07 Å². The Balaban J connectivity index is 1.59. The van der Waals surface area contributed by atoms with Gasteiger partial charge in [0.05, 0.1) is 31.5 Å². The molecule has 4 aromatic rings. The maximum absolute atomic E-state index is 13.6. The van der Waals surface area contributed by atoms with Crippen LogP contribution in [-0.2, 0) is 11.3 Å². The van der Waals surface area contributed by atoms with E-state index in [1.165, 1.54) is 11.2 Å². The lowest BCUT2D eigenvalue weighted by Crippen LogP contribution is -2.30. The van der Waals surface area contributed by atoms with Gasteiger partial charge in [-0.25, -0.2) is 0 Å². The molecule has 1 aliphatic rings. The lowest BCUT2D eigenvalue weighted by molar-refractivity contribution is -0.130. The first-order valence-corrected chi connectivity index (χ1v) is 10.9. The molecule has 0 fully saturated rings. The molecule has 0 spiro atoms. The van der Waals surface area contributed by atoms with Gasteiger partial charge < -0.3 is 23.6 Å². The van der Waals surface area contributed by atoms with Gasteiger partial charge in [0.15, 0.2) is 11.5 Å². The second kappa shape index (κ2) is 8.29. The molecule has 2 aromatic heterocycles. The van der Waals surface area contributed by atoms with Crippen LogP contribution in [0.1, 0.15) is 27.9 Å². The zero-order valence-electron chi connectivity index (χ0n) is 17.4. The van der Waals surface area contributed by atoms with Gasteiger partial charge in [0, 0.05) is 9.86 Å². The number of hydrogen-bond donors (Lipinski definition) is 1. The van der Waals surface area contributed by atoms with Crippen molar-refractivity contribution in [1.29, 1.82) is 0 Å². The van der Waals surface area contributed by atoms with E-state index in [0.717, 1.165) is 9.86 Å². The van der Waals surface area contributed by atoms with E-state index in [9.17, 15) is 14.7 Å². The molecule has 166 valence electrons. The van der Waals surface area contributed by atoms with Crippen molar-refractivity contribution in [2.24, 2.45) is 0 Å². The highest BCUT2D eigenvalue weighted by atomic mass is 79.9. The van der Waals surface area contributed by atoms with Crippen molar-refractivity contribution in [2.75, 3.05) is 7.11 Å². The minimum atomic E-state index is -0.832. The highest BCUT2D eigenvalue weighted by molar-refractivity contribution is 9.10. The van der Waals surface area contributed by atoms with Crippen molar-refractivity contribution in [3.63, 3.8) is 0 Å². The van der Waals surface area contributed by atoms with Crippen LogP contribution in [0, 0.1) is 0 Å². The molecule has 7 nitrogen and oxygen atoms in total. The SMILES string of the molecule is COc1ccc(C2C(C(=O)c3cc4cc(Br)ccc4o3)=C(O)C(=O)N2Cc2ccco2)cc1. The third-order valence-corrected chi connectivity index (χ3v) is 6.08. The first-order valence-electron chi connectivity index (χ1n) is 10.1. The summed E-state index contributed by atoms with van der Waals surface area (Å²) in [7, 11) is 1.55. The van der Waals surface area contributed by atoms with Crippen LogP contribution in [0.2, 0.25) is 0 Å². The van der Waals surface area contributed by atoms with Crippen LogP contribution in [0.15, 0.2) is 91.6 Å². The molecule has 0 saturated carbocycles. The van der Waals surface area contributed by atoms with E-state index < -0.39 is 23.5 Å². The Labute approximate surface area is 197 Å². The molecule has 8 heteroatoms. The maximum atomic E-state index is 13.6. The Hall–Kier alpha value is -3.78. The topological polar surface area (TPSA) is 93.1 Å². The summed E-state index contributed by atoms with van der Waals surface area (Å²) in [5, 5.41) is 11.5. The van der Waals surface area contributed by atoms with Gasteiger partial charge in [-0.15, -0.1) is 0 Å². The standard InChI is InChI=1S/C25H18BrNO6/c1-31-17-7-4-14(5-8-17)22-21(24(29)25(30)27(22)13-18-3-2-10-32-18)23(28)20-12-15-11-16(26)6-9-19(15)33-20/h2-12,22,29H,13H2,1H3. The number of ether oxygens (including phenoxy) is 1. The summed E-state index contributed by atoms with van der Waals surface area (Å²) in [4.78, 5) is 28.0. The molecule has 1 amide bonds. The van der Waals surface area contributed by atoms with Crippen LogP contribution in [-0.4, -0.2) is 28.8 Å². The molecular formula is C25H18BrNO6. The molecule has 0 radical (unpaired) electrons. The molecule has 0 aliphatic carbocycles. The van der Waals surface area contributed by atoms with Crippen molar-refractivity contribution in [1.82, 2.24) is 4.90 Å². The number of methoxy groups -OCH3 is 1. The lowest BCUT2D eigenvalue weighted by atomic mass is 9.95. The van der Waals surface area contributed by atoms with E-state index in [4.69, 9.17) is 13.6 Å². The Morgan fingerprint density at radius 2 is 1.94 bits per heavy atom. The van der Waals surface area contributed by atoms with Crippen LogP contribution in [0.25, 0.3) is 11.0 Å². The minimum absolute atomic E-state index is 0.0378. The van der Waals surface area contributed by atoms with Gasteiger partial charge in [-0.2, -0.15) is 0 Å². The summed E-state index contributed by atoms with van der Waals surface area (Å²) < 4.78 is 17.2. The van der Waals surface area contributed by atoms with E-state index in [1.54, 1.807) is 61.7 Å². The average Bonchev–Trinajstić information content (AvgIpc) is 3.54. The number of carbonyl (C=O) groups is 2. The number of nitrogens with zero attached hydrogens (tertiary/aromatic N) is 1. The Kier molecular flexibility index (Phi) is 5.30. The molecule has 0 saturated heterocycles. The molecule has 1 unspecified atom stereocenters. The quantitative estimate of drug-likeness (QED) is 0.342. The fraction of sp³-hybridized carbons (Fsp3) is 0.120. The summed E-state index contributed by atoms with van der Waals surface area (Å²) in [6.07, 6.45) is 1.50. The average molecular weight is 508 g/mol. The monoisotopic (exact) mass is 507 g/mol. The van der Waals surface area contributed by atoms with Crippen molar-refractivity contribution in [2.45, 2.75) is 12.6 Å². The normalized spacial score (nSPS) is 16.1. The third-order valence-electron chi connectivity index (χ3n) is 5.59. The molecular weight excluding hydrogens is 490 g/mol. The zero-order valence-corrected chi connectivity index (χ0v) is 19.0. The summed E-state index contributed by atoms with van der Waals surface area (Å²) in [5.41, 5.74) is 1.12. The summed E-state index contributed by atoms with van der Waals surface area (Å²) >= 11 is 3.40. The lowest BCUT2D eigenvalue weighted by Gasteiger charge is -2.26. The minimum Gasteiger partial charge on any atom is -0.503 e. The molecule has 33 heavy (non-hydrogen) atoms. The number of benzene rings is 2. The first-order chi connectivity index (χ1) is 16.0. The number of aliphatic hydroxyl groups excluding tert-OH is 1. The Morgan fingerprint density at radius 1 is 1.15 bits per heavy atom. The van der Waals surface area contributed by atoms with E-state index >= 15 is 0 Å². The molecule has 1 aliphatic heterocycles. The van der Waals surface area contributed by atoms with Gasteiger partial charge in [-0.3, -0.25) is 9.59 Å². The molecule has 3 heterocycles. The fourth-order valence-corrected chi connectivity index (χ4v) is 4.39. The van der Waals surface area contributed by atoms with Crippen molar-refractivity contribution in [3.8, 4) is 5.75 Å². The molecule has 0 bridgehead atoms. The van der Waals surface area contributed by atoms with Crippen LogP contribution in [0.5, 0.6) is 5.75 Å². The Bertz CT molecular complexity index is 1380. The fourth-order valence-electron chi connectivity index (χ4n) is 4.01. The van der Waals surface area contributed by atoms with Crippen molar-refractivity contribution >= 4 is 38.6 Å². The number of Topliss-reactive ketones (excluding diaryl/α,β-unsaturated/α-hetero) is 1. The van der Waals surface area contributed by atoms with Gasteiger partial charge in [-0.05, 0) is 54.1 Å². The Morgan fingerprint density at radius 3 is 2.64 bits per heavy atom. The second-order valence-corrected chi connectivity index (χ2v) is 8.49. The number of fused-ring (bicyclic) bond motifs is 1. The zero-order chi connectivity index (χ0) is 23.1. The van der Waals surface area contributed by atoms with E-state index in [2.05, 4.69) is 15.9 Å². The van der Waals surface area contributed by atoms with Crippen molar-refractivity contribution in [3.05, 3.63) is 99.8 Å². The molecule has 5 rings (SSSR count). The maximum Gasteiger partial charge on any atom is 0.290 e. The number of halogens is 1. The number of carbonyl (C=O) groups excluding carboxylic acids is 2. The van der Waals surface area contributed by atoms with Crippen molar-refractivity contribution < 1.29 is 28.3 Å². The van der Waals surface area contributed by atoms with Crippen LogP contribution in [0.3, 0.4) is 0 Å². The third kappa shape index (κ3) is 3.72. The van der Waals surface area contributed by atoms with Gasteiger partial charge in [-0.1, -0.05) is 28.1 Å². The van der Waals surface area contributed by atoms with E-state index in [0.29, 0.717) is 22.7 Å². The predicted octanol–water partition coefficient (Wildman–Crippen LogP) is 5.58. The largest absolute Gasteiger partial charge is 0.503 e. The highest BCUT2D eigenvalue weighted by Crippen LogP contribution is 2.41. The molecule has 1 atom stereocenters. The van der Waals surface area contributed by atoms with Gasteiger partial charge in [0.25, 0.3) is 5.91 Å². The number of furan rings is 2. The smallest absolute Gasteiger partial charge is 0.290 e. The summed E-state index contributed by atoms with van der Waals surface area (Å²) in [6.45, 7) is 0.0798. The molecule has 2 aromatic carbocycles. The summed E-state index contributed by atoms with van der Waals surface area (Å²) in [6, 6.07) is 16.6. The number of ketones is 1. The predicted molar refractivity (Wildman–Crippen MR) is 123 cm³/mol. The number of aliphatic hydroxyl groups is 1.